The molecule has 2 aliphatic rings. The van der Waals surface area contributed by atoms with Gasteiger partial charge in [-0.25, -0.2) is 9.67 Å². The molecular formula is C20H27N5O3S. The molecule has 2 aliphatic heterocycles. The van der Waals surface area contributed by atoms with Crippen LogP contribution in [0.25, 0.3) is 0 Å². The topological polar surface area (TPSA) is 91.6 Å². The molecule has 8 nitrogen and oxygen atoms in total. The quantitative estimate of drug-likeness (QED) is 0.817. The van der Waals surface area contributed by atoms with Crippen LogP contribution in [0.1, 0.15) is 60.6 Å². The Morgan fingerprint density at radius 3 is 2.76 bits per heavy atom. The number of amides is 1. The van der Waals surface area contributed by atoms with Gasteiger partial charge in [0.25, 0.3) is 11.5 Å². The van der Waals surface area contributed by atoms with Crippen LogP contribution in [-0.4, -0.2) is 63.0 Å². The van der Waals surface area contributed by atoms with Crippen LogP contribution in [0.3, 0.4) is 0 Å². The van der Waals surface area contributed by atoms with E-state index in [4.69, 9.17) is 0 Å². The minimum atomic E-state index is -0.350. The Balaban J connectivity index is 1.48. The third kappa shape index (κ3) is 4.20. The number of β-amino-alcohol motifs (C(OH)–C–C–N with tert-alkyl or cyclic N) is 1. The first-order valence-electron chi connectivity index (χ1n) is 10.2. The third-order valence-electron chi connectivity index (χ3n) is 5.60. The number of hydrogen-bond acceptors (Lipinski definition) is 7. The molecule has 2 aromatic heterocycles. The van der Waals surface area contributed by atoms with Crippen molar-refractivity contribution in [3.63, 3.8) is 0 Å². The predicted molar refractivity (Wildman–Crippen MR) is 112 cm³/mol. The lowest BCUT2D eigenvalue weighted by Crippen LogP contribution is -2.43. The van der Waals surface area contributed by atoms with Gasteiger partial charge in [0, 0.05) is 43.5 Å². The maximum absolute atomic E-state index is 12.9. The zero-order valence-electron chi connectivity index (χ0n) is 16.8. The molecular weight excluding hydrogens is 390 g/mol. The molecule has 0 aromatic carbocycles. The Labute approximate surface area is 173 Å². The Morgan fingerprint density at radius 2 is 2.10 bits per heavy atom. The summed E-state index contributed by atoms with van der Waals surface area (Å²) in [5.41, 5.74) is 1.07. The fourth-order valence-electron chi connectivity index (χ4n) is 3.98. The molecule has 1 N–H and O–H groups in total. The van der Waals surface area contributed by atoms with E-state index >= 15 is 0 Å². The summed E-state index contributed by atoms with van der Waals surface area (Å²) in [4.78, 5) is 33.8. The smallest absolute Gasteiger partial charge is 0.273 e. The van der Waals surface area contributed by atoms with Crippen LogP contribution >= 0.6 is 11.3 Å². The number of nitrogens with zero attached hydrogens (tertiary/aromatic N) is 5. The maximum Gasteiger partial charge on any atom is 0.273 e. The molecule has 2 fully saturated rings. The number of aromatic nitrogens is 3. The van der Waals surface area contributed by atoms with Crippen molar-refractivity contribution < 1.29 is 9.90 Å². The molecule has 4 rings (SSSR count). The number of rotatable bonds is 4. The second kappa shape index (κ2) is 8.23. The van der Waals surface area contributed by atoms with E-state index < -0.39 is 0 Å². The molecule has 1 amide bonds. The van der Waals surface area contributed by atoms with E-state index in [-0.39, 0.29) is 23.6 Å². The van der Waals surface area contributed by atoms with Crippen molar-refractivity contribution in [3.05, 3.63) is 38.7 Å². The lowest BCUT2D eigenvalue weighted by Gasteiger charge is -2.32. The highest BCUT2D eigenvalue weighted by Crippen LogP contribution is 2.24. The molecule has 2 atom stereocenters. The highest BCUT2D eigenvalue weighted by atomic mass is 32.1. The van der Waals surface area contributed by atoms with Gasteiger partial charge in [-0.15, -0.1) is 11.3 Å². The molecule has 29 heavy (non-hydrogen) atoms. The molecule has 4 heterocycles. The summed E-state index contributed by atoms with van der Waals surface area (Å²) < 4.78 is 1.50. The largest absolute Gasteiger partial charge is 0.391 e. The molecule has 0 aliphatic carbocycles. The predicted octanol–water partition coefficient (Wildman–Crippen LogP) is 1.87. The van der Waals surface area contributed by atoms with Gasteiger partial charge in [-0.05, 0) is 19.3 Å². The summed E-state index contributed by atoms with van der Waals surface area (Å²) in [6.45, 7) is 6.51. The Bertz CT molecular complexity index is 940. The summed E-state index contributed by atoms with van der Waals surface area (Å²) in [5.74, 6) is 0.224. The van der Waals surface area contributed by atoms with E-state index in [0.717, 1.165) is 30.1 Å². The summed E-state index contributed by atoms with van der Waals surface area (Å²) in [6.07, 6.45) is 3.68. The summed E-state index contributed by atoms with van der Waals surface area (Å²) >= 11 is 1.51. The number of carbonyl (C=O) groups is 1. The summed E-state index contributed by atoms with van der Waals surface area (Å²) in [7, 11) is 0. The van der Waals surface area contributed by atoms with Crippen LogP contribution < -0.4 is 10.5 Å². The average Bonchev–Trinajstić information content (AvgIpc) is 3.37. The number of carbonyl (C=O) groups excluding carboxylic acids is 1. The van der Waals surface area contributed by atoms with Crippen molar-refractivity contribution in [1.82, 2.24) is 19.7 Å². The van der Waals surface area contributed by atoms with Gasteiger partial charge in [-0.1, -0.05) is 13.8 Å². The highest BCUT2D eigenvalue weighted by Gasteiger charge is 2.29. The Hall–Kier alpha value is -2.26. The summed E-state index contributed by atoms with van der Waals surface area (Å²) in [5, 5.41) is 16.9. The molecule has 0 saturated carbocycles. The van der Waals surface area contributed by atoms with Gasteiger partial charge in [-0.2, -0.15) is 5.10 Å². The van der Waals surface area contributed by atoms with E-state index in [1.165, 1.54) is 16.0 Å². The number of thiazole rings is 1. The van der Waals surface area contributed by atoms with Crippen molar-refractivity contribution >= 4 is 22.9 Å². The average molecular weight is 418 g/mol. The van der Waals surface area contributed by atoms with Crippen LogP contribution in [0.15, 0.2) is 22.4 Å². The maximum atomic E-state index is 12.9. The zero-order valence-corrected chi connectivity index (χ0v) is 17.6. The number of hydrogen-bond donors (Lipinski definition) is 1. The van der Waals surface area contributed by atoms with Gasteiger partial charge in [0.15, 0.2) is 0 Å². The minimum absolute atomic E-state index is 0.0754. The van der Waals surface area contributed by atoms with E-state index in [9.17, 15) is 14.7 Å². The monoisotopic (exact) mass is 417 g/mol. The first-order chi connectivity index (χ1) is 13.9. The summed E-state index contributed by atoms with van der Waals surface area (Å²) in [6, 6.07) is 1.45. The molecule has 2 aromatic rings. The van der Waals surface area contributed by atoms with Gasteiger partial charge in [0.1, 0.15) is 5.69 Å². The molecule has 0 unspecified atom stereocenters. The van der Waals surface area contributed by atoms with Crippen LogP contribution in [0.4, 0.5) is 5.69 Å². The van der Waals surface area contributed by atoms with Crippen molar-refractivity contribution in [2.75, 3.05) is 31.1 Å². The number of aliphatic hydroxyl groups excluding tert-OH is 1. The van der Waals surface area contributed by atoms with Crippen LogP contribution in [0.5, 0.6) is 0 Å². The normalized spacial score (nSPS) is 22.5. The van der Waals surface area contributed by atoms with E-state index in [1.54, 1.807) is 17.2 Å². The lowest BCUT2D eigenvalue weighted by molar-refractivity contribution is 0.0664. The second-order valence-electron chi connectivity index (χ2n) is 8.16. The van der Waals surface area contributed by atoms with Crippen molar-refractivity contribution in [3.8, 4) is 0 Å². The van der Waals surface area contributed by atoms with E-state index in [1.807, 2.05) is 10.3 Å². The molecule has 0 bridgehead atoms. The first-order valence-corrected chi connectivity index (χ1v) is 11.1. The van der Waals surface area contributed by atoms with E-state index in [0.29, 0.717) is 37.7 Å². The fourth-order valence-corrected chi connectivity index (χ4v) is 4.79. The van der Waals surface area contributed by atoms with Crippen LogP contribution in [0, 0.1) is 0 Å². The van der Waals surface area contributed by atoms with Crippen molar-refractivity contribution in [1.29, 1.82) is 0 Å². The Morgan fingerprint density at radius 1 is 1.28 bits per heavy atom. The lowest BCUT2D eigenvalue weighted by atomic mass is 10.1. The van der Waals surface area contributed by atoms with Gasteiger partial charge >= 0.3 is 0 Å². The van der Waals surface area contributed by atoms with Gasteiger partial charge < -0.3 is 14.9 Å². The molecule has 0 spiro atoms. The second-order valence-corrected chi connectivity index (χ2v) is 9.05. The number of aliphatic hydroxyl groups is 1. The fraction of sp³-hybridized carbons (Fsp3) is 0.600. The number of piperidine rings is 1. The van der Waals surface area contributed by atoms with Gasteiger partial charge in [0.05, 0.1) is 29.0 Å². The zero-order chi connectivity index (χ0) is 20.5. The molecule has 2 saturated heterocycles. The van der Waals surface area contributed by atoms with Crippen molar-refractivity contribution in [2.24, 2.45) is 0 Å². The Kier molecular flexibility index (Phi) is 5.69. The highest BCUT2D eigenvalue weighted by molar-refractivity contribution is 7.09. The van der Waals surface area contributed by atoms with Gasteiger partial charge in [-0.3, -0.25) is 9.59 Å². The van der Waals surface area contributed by atoms with Crippen molar-refractivity contribution in [2.45, 2.75) is 51.2 Å². The van der Waals surface area contributed by atoms with E-state index in [2.05, 4.69) is 23.9 Å². The molecule has 156 valence electrons. The van der Waals surface area contributed by atoms with Crippen LogP contribution in [-0.2, 0) is 0 Å². The third-order valence-corrected chi connectivity index (χ3v) is 6.75. The molecule has 0 radical (unpaired) electrons. The minimum Gasteiger partial charge on any atom is -0.391 e. The first kappa shape index (κ1) is 20.0. The molecule has 9 heteroatoms. The van der Waals surface area contributed by atoms with Crippen LogP contribution in [0.2, 0.25) is 0 Å². The number of anilines is 1. The van der Waals surface area contributed by atoms with Gasteiger partial charge in [0.2, 0.25) is 0 Å². The SMILES string of the molecule is CC(C)c1nc(C(=O)N2CCC[C@@H](n3ncc(N4CC[C@H](O)C4)cc3=O)C2)cs1. The standard InChI is InChI=1S/C20H27N5O3S/c1-13(2)19-22-17(12-29-19)20(28)24-6-3-4-14(10-24)25-18(27)8-15(9-21-25)23-7-5-16(26)11-23/h8-9,12-14,16,26H,3-7,10-11H2,1-2H3/t14-,16+/m1/s1. The number of likely N-dealkylation sites (tertiary alicyclic amines) is 1.